The van der Waals surface area contributed by atoms with Crippen molar-refractivity contribution in [2.24, 2.45) is 0 Å². The van der Waals surface area contributed by atoms with Gasteiger partial charge in [-0.25, -0.2) is 0 Å². The van der Waals surface area contributed by atoms with Crippen molar-refractivity contribution in [2.75, 3.05) is 11.9 Å². The van der Waals surface area contributed by atoms with Crippen molar-refractivity contribution < 1.29 is 4.79 Å². The average molecular weight is 399 g/mol. The Morgan fingerprint density at radius 1 is 1.00 bits per heavy atom. The van der Waals surface area contributed by atoms with Gasteiger partial charge >= 0.3 is 0 Å². The van der Waals surface area contributed by atoms with E-state index in [1.807, 2.05) is 12.1 Å². The Balaban J connectivity index is 1.84. The minimum Gasteiger partial charge on any atom is -0.325 e. The van der Waals surface area contributed by atoms with Crippen LogP contribution in [-0.4, -0.2) is 23.4 Å². The molecule has 0 aromatic heterocycles. The molecule has 3 nitrogen and oxygen atoms in total. The number of fused-ring (bicyclic) bond motifs is 1. The maximum Gasteiger partial charge on any atom is 0.238 e. The second-order valence-corrected chi connectivity index (χ2v) is 7.97. The number of nitrogens with one attached hydrogen (secondary N) is 1. The molecule has 1 aliphatic heterocycles. The number of halogens is 1. The van der Waals surface area contributed by atoms with E-state index in [2.05, 4.69) is 62.5 Å². The lowest BCUT2D eigenvalue weighted by Crippen LogP contribution is -2.42. The van der Waals surface area contributed by atoms with Crippen LogP contribution in [0.25, 0.3) is 0 Å². The van der Waals surface area contributed by atoms with E-state index >= 15 is 0 Å². The van der Waals surface area contributed by atoms with Crippen molar-refractivity contribution in [3.63, 3.8) is 0 Å². The number of rotatable bonds is 2. The van der Waals surface area contributed by atoms with Gasteiger partial charge in [0.2, 0.25) is 5.91 Å². The second-order valence-electron chi connectivity index (χ2n) is 7.06. The largest absolute Gasteiger partial charge is 0.325 e. The van der Waals surface area contributed by atoms with Gasteiger partial charge in [0.05, 0.1) is 12.6 Å². The molecule has 1 atom stereocenters. The van der Waals surface area contributed by atoms with Crippen LogP contribution in [0.4, 0.5) is 5.69 Å². The fourth-order valence-corrected chi connectivity index (χ4v) is 4.64. The molecule has 1 aliphatic carbocycles. The standard InChI is InChI=1S/C21H23BrN2O/c22-16-11-12-19-18(13-16)21(15-7-3-1-4-8-15)24(14-20(25)23-19)17-9-5-2-6-10-17/h1,3-4,7-8,11-13,17,21H,2,5-6,9-10,14H2,(H,23,25). The number of benzene rings is 2. The number of amides is 1. The van der Waals surface area contributed by atoms with Gasteiger partial charge in [-0.15, -0.1) is 0 Å². The number of hydrogen-bond acceptors (Lipinski definition) is 2. The van der Waals surface area contributed by atoms with Crippen LogP contribution >= 0.6 is 15.9 Å². The molecule has 0 bridgehead atoms. The fraction of sp³-hybridized carbons (Fsp3) is 0.381. The summed E-state index contributed by atoms with van der Waals surface area (Å²) in [5, 5.41) is 3.12. The van der Waals surface area contributed by atoms with Crippen molar-refractivity contribution in [1.82, 2.24) is 4.90 Å². The smallest absolute Gasteiger partial charge is 0.238 e. The Hall–Kier alpha value is -1.65. The number of nitrogens with zero attached hydrogens (tertiary/aromatic N) is 1. The summed E-state index contributed by atoms with van der Waals surface area (Å²) in [5.74, 6) is 0.0903. The maximum absolute atomic E-state index is 12.6. The van der Waals surface area contributed by atoms with Crippen LogP contribution in [-0.2, 0) is 4.79 Å². The van der Waals surface area contributed by atoms with Crippen molar-refractivity contribution >= 4 is 27.5 Å². The van der Waals surface area contributed by atoms with Crippen molar-refractivity contribution in [1.29, 1.82) is 0 Å². The van der Waals surface area contributed by atoms with Crippen LogP contribution in [0.15, 0.2) is 53.0 Å². The number of anilines is 1. The van der Waals surface area contributed by atoms with E-state index in [1.54, 1.807) is 0 Å². The third kappa shape index (κ3) is 3.51. The monoisotopic (exact) mass is 398 g/mol. The summed E-state index contributed by atoms with van der Waals surface area (Å²) in [6, 6.07) is 17.3. The first-order valence-corrected chi connectivity index (χ1v) is 9.91. The molecule has 2 aliphatic rings. The topological polar surface area (TPSA) is 32.3 Å². The Bertz CT molecular complexity index is 756. The van der Waals surface area contributed by atoms with E-state index in [0.29, 0.717) is 12.6 Å². The lowest BCUT2D eigenvalue weighted by Gasteiger charge is -2.39. The Kier molecular flexibility index (Phi) is 4.91. The maximum atomic E-state index is 12.6. The van der Waals surface area contributed by atoms with E-state index in [-0.39, 0.29) is 11.9 Å². The SMILES string of the molecule is O=C1CN(C2CCCCC2)C(c2ccccc2)c2cc(Br)ccc2N1. The van der Waals surface area contributed by atoms with Gasteiger partial charge in [-0.3, -0.25) is 9.69 Å². The number of carbonyl (C=O) groups is 1. The molecule has 130 valence electrons. The van der Waals surface area contributed by atoms with E-state index in [9.17, 15) is 4.79 Å². The van der Waals surface area contributed by atoms with Crippen molar-refractivity contribution in [3.8, 4) is 0 Å². The van der Waals surface area contributed by atoms with Crippen LogP contribution in [0, 0.1) is 0 Å². The summed E-state index contributed by atoms with van der Waals surface area (Å²) in [7, 11) is 0. The fourth-order valence-electron chi connectivity index (χ4n) is 4.26. The van der Waals surface area contributed by atoms with Gasteiger partial charge in [0.15, 0.2) is 0 Å². The Labute approximate surface area is 157 Å². The summed E-state index contributed by atoms with van der Waals surface area (Å²) < 4.78 is 1.05. The minimum atomic E-state index is 0.0903. The lowest BCUT2D eigenvalue weighted by molar-refractivity contribution is -0.118. The third-order valence-electron chi connectivity index (χ3n) is 5.40. The average Bonchev–Trinajstić information content (AvgIpc) is 2.79. The van der Waals surface area contributed by atoms with Crippen molar-refractivity contribution in [2.45, 2.75) is 44.2 Å². The molecule has 1 amide bonds. The molecule has 1 unspecified atom stereocenters. The molecule has 2 aromatic rings. The van der Waals surface area contributed by atoms with Crippen LogP contribution in [0.3, 0.4) is 0 Å². The molecule has 4 heteroatoms. The van der Waals surface area contributed by atoms with E-state index < -0.39 is 0 Å². The molecule has 1 heterocycles. The van der Waals surface area contributed by atoms with Gasteiger partial charge in [0.25, 0.3) is 0 Å². The third-order valence-corrected chi connectivity index (χ3v) is 5.89. The molecular formula is C21H23BrN2O. The molecule has 4 rings (SSSR count). The van der Waals surface area contributed by atoms with Crippen LogP contribution < -0.4 is 5.32 Å². The summed E-state index contributed by atoms with van der Waals surface area (Å²) >= 11 is 3.62. The van der Waals surface area contributed by atoms with Crippen LogP contribution in [0.1, 0.15) is 49.3 Å². The number of carbonyl (C=O) groups excluding carboxylic acids is 1. The highest BCUT2D eigenvalue weighted by Gasteiger charge is 2.35. The summed E-state index contributed by atoms with van der Waals surface area (Å²) in [4.78, 5) is 15.0. The summed E-state index contributed by atoms with van der Waals surface area (Å²) in [6.45, 7) is 0.455. The molecule has 2 aromatic carbocycles. The zero-order valence-corrected chi connectivity index (χ0v) is 15.8. The highest BCUT2D eigenvalue weighted by molar-refractivity contribution is 9.10. The van der Waals surface area contributed by atoms with Gasteiger partial charge in [-0.05, 0) is 42.2 Å². The first-order valence-electron chi connectivity index (χ1n) is 9.12. The van der Waals surface area contributed by atoms with Gasteiger partial charge < -0.3 is 5.32 Å². The predicted molar refractivity (Wildman–Crippen MR) is 105 cm³/mol. The van der Waals surface area contributed by atoms with Crippen LogP contribution in [0.2, 0.25) is 0 Å². The molecule has 0 spiro atoms. The first-order chi connectivity index (χ1) is 12.2. The van der Waals surface area contributed by atoms with Gasteiger partial charge in [0.1, 0.15) is 0 Å². The highest BCUT2D eigenvalue weighted by Crippen LogP contribution is 2.40. The zero-order valence-electron chi connectivity index (χ0n) is 14.2. The quantitative estimate of drug-likeness (QED) is 0.760. The first kappa shape index (κ1) is 16.8. The molecule has 0 radical (unpaired) electrons. The normalized spacial score (nSPS) is 22.1. The zero-order chi connectivity index (χ0) is 17.2. The molecule has 1 N–H and O–H groups in total. The predicted octanol–water partition coefficient (Wildman–Crippen LogP) is 5.13. The van der Waals surface area contributed by atoms with Crippen molar-refractivity contribution in [3.05, 3.63) is 64.1 Å². The molecular weight excluding hydrogens is 376 g/mol. The van der Waals surface area contributed by atoms with E-state index in [0.717, 1.165) is 10.2 Å². The van der Waals surface area contributed by atoms with Crippen LogP contribution in [0.5, 0.6) is 0 Å². The number of hydrogen-bond donors (Lipinski definition) is 1. The Morgan fingerprint density at radius 2 is 1.76 bits per heavy atom. The summed E-state index contributed by atoms with van der Waals surface area (Å²) in [6.07, 6.45) is 6.19. The lowest BCUT2D eigenvalue weighted by atomic mass is 9.89. The molecule has 1 saturated carbocycles. The molecule has 0 saturated heterocycles. The van der Waals surface area contributed by atoms with E-state index in [1.165, 1.54) is 43.2 Å². The van der Waals surface area contributed by atoms with Gasteiger partial charge in [-0.2, -0.15) is 0 Å². The highest BCUT2D eigenvalue weighted by atomic mass is 79.9. The van der Waals surface area contributed by atoms with Gasteiger partial charge in [-0.1, -0.05) is 65.5 Å². The minimum absolute atomic E-state index is 0.0903. The summed E-state index contributed by atoms with van der Waals surface area (Å²) in [5.41, 5.74) is 3.36. The molecule has 1 fully saturated rings. The van der Waals surface area contributed by atoms with E-state index in [4.69, 9.17) is 0 Å². The van der Waals surface area contributed by atoms with Gasteiger partial charge in [0, 0.05) is 16.2 Å². The molecule has 25 heavy (non-hydrogen) atoms. The second kappa shape index (κ2) is 7.30. The Morgan fingerprint density at radius 3 is 2.52 bits per heavy atom.